The molecule has 0 atom stereocenters. The summed E-state index contributed by atoms with van der Waals surface area (Å²) in [5.41, 5.74) is 2.67. The Morgan fingerprint density at radius 2 is 1.78 bits per heavy atom. The van der Waals surface area contributed by atoms with Crippen molar-refractivity contribution in [1.29, 1.82) is 0 Å². The van der Waals surface area contributed by atoms with E-state index in [0.717, 1.165) is 46.3 Å². The molecule has 5 aromatic rings. The molecule has 7 heteroatoms. The number of carbonyl (C=O) groups is 1. The predicted molar refractivity (Wildman–Crippen MR) is 131 cm³/mol. The number of fused-ring (bicyclic) bond motifs is 6. The van der Waals surface area contributed by atoms with Crippen molar-refractivity contribution in [3.05, 3.63) is 63.6 Å². The van der Waals surface area contributed by atoms with Crippen molar-refractivity contribution < 1.29 is 4.79 Å². The zero-order chi connectivity index (χ0) is 21.8. The number of carbonyl (C=O) groups excluding carboxylic acids is 1. The van der Waals surface area contributed by atoms with E-state index in [-0.39, 0.29) is 16.9 Å². The van der Waals surface area contributed by atoms with Crippen molar-refractivity contribution in [2.45, 2.75) is 12.8 Å². The first-order valence-corrected chi connectivity index (χ1v) is 11.9. The van der Waals surface area contributed by atoms with Crippen molar-refractivity contribution in [1.82, 2.24) is 19.2 Å². The van der Waals surface area contributed by atoms with Crippen LogP contribution >= 0.6 is 11.3 Å². The van der Waals surface area contributed by atoms with E-state index in [1.54, 1.807) is 0 Å². The van der Waals surface area contributed by atoms with E-state index in [2.05, 4.69) is 38.9 Å². The maximum absolute atomic E-state index is 13.4. The van der Waals surface area contributed by atoms with Crippen LogP contribution in [0, 0.1) is 0 Å². The van der Waals surface area contributed by atoms with Crippen LogP contribution in [0.1, 0.15) is 23.2 Å². The van der Waals surface area contributed by atoms with Gasteiger partial charge in [-0.15, -0.1) is 11.3 Å². The molecule has 0 aliphatic carbocycles. The molecular formula is C25H24N4O2S. The summed E-state index contributed by atoms with van der Waals surface area (Å²) in [5, 5.41) is 7.80. The molecule has 6 rings (SSSR count). The van der Waals surface area contributed by atoms with Gasteiger partial charge in [0.15, 0.2) is 0 Å². The largest absolute Gasteiger partial charge is 0.351 e. The Hall–Kier alpha value is -3.16. The number of hydrogen-bond donors (Lipinski definition) is 1. The molecule has 0 bridgehead atoms. The summed E-state index contributed by atoms with van der Waals surface area (Å²) in [6.07, 6.45) is 2.43. The zero-order valence-electron chi connectivity index (χ0n) is 17.9. The first-order chi connectivity index (χ1) is 15.6. The van der Waals surface area contributed by atoms with Crippen LogP contribution < -0.4 is 10.7 Å². The van der Waals surface area contributed by atoms with Crippen molar-refractivity contribution in [2.24, 2.45) is 7.05 Å². The van der Waals surface area contributed by atoms with Crippen LogP contribution in [-0.4, -0.2) is 46.0 Å². The molecule has 0 spiro atoms. The Morgan fingerprint density at radius 1 is 1.06 bits per heavy atom. The van der Waals surface area contributed by atoms with Gasteiger partial charge in [0, 0.05) is 20.1 Å². The molecule has 3 aromatic heterocycles. The molecule has 0 radical (unpaired) electrons. The highest BCUT2D eigenvalue weighted by Crippen LogP contribution is 2.31. The predicted octanol–water partition coefficient (Wildman–Crippen LogP) is 3.98. The molecule has 0 unspecified atom stereocenters. The average Bonchev–Trinajstić information content (AvgIpc) is 3.54. The van der Waals surface area contributed by atoms with Gasteiger partial charge in [-0.2, -0.15) is 0 Å². The van der Waals surface area contributed by atoms with Gasteiger partial charge < -0.3 is 14.8 Å². The van der Waals surface area contributed by atoms with Crippen LogP contribution in [0.25, 0.3) is 37.7 Å². The summed E-state index contributed by atoms with van der Waals surface area (Å²) >= 11 is 1.53. The second-order valence-corrected chi connectivity index (χ2v) is 9.45. The lowest BCUT2D eigenvalue weighted by molar-refractivity contribution is 0.0950. The van der Waals surface area contributed by atoms with E-state index in [1.165, 1.54) is 24.2 Å². The number of pyridine rings is 1. The maximum Gasteiger partial charge on any atom is 0.259 e. The number of nitrogens with zero attached hydrogens (tertiary/aromatic N) is 3. The van der Waals surface area contributed by atoms with E-state index in [9.17, 15) is 9.59 Å². The summed E-state index contributed by atoms with van der Waals surface area (Å²) in [7, 11) is 1.94. The average molecular weight is 445 g/mol. The quantitative estimate of drug-likeness (QED) is 0.456. The third-order valence-electron chi connectivity index (χ3n) is 6.66. The topological polar surface area (TPSA) is 58.8 Å². The van der Waals surface area contributed by atoms with E-state index in [4.69, 9.17) is 0 Å². The molecule has 1 aliphatic heterocycles. The van der Waals surface area contributed by atoms with Gasteiger partial charge in [0.25, 0.3) is 5.91 Å². The minimum atomic E-state index is -0.296. The van der Waals surface area contributed by atoms with Gasteiger partial charge >= 0.3 is 0 Å². The fourth-order valence-corrected chi connectivity index (χ4v) is 5.95. The number of aromatic nitrogens is 2. The van der Waals surface area contributed by atoms with E-state index < -0.39 is 0 Å². The SMILES string of the molecule is Cn1c2cc3ccccc3cc2n2c3sccc3c(=O)c(C(=O)NCCN3CCCC3)c12. The van der Waals surface area contributed by atoms with Crippen LogP contribution in [0.3, 0.4) is 0 Å². The number of thiophene rings is 1. The molecule has 1 aliphatic rings. The minimum Gasteiger partial charge on any atom is -0.351 e. The van der Waals surface area contributed by atoms with Crippen molar-refractivity contribution in [3.63, 3.8) is 0 Å². The van der Waals surface area contributed by atoms with Crippen molar-refractivity contribution >= 4 is 54.9 Å². The van der Waals surface area contributed by atoms with Gasteiger partial charge in [-0.05, 0) is 60.3 Å². The van der Waals surface area contributed by atoms with Gasteiger partial charge in [-0.25, -0.2) is 0 Å². The highest BCUT2D eigenvalue weighted by molar-refractivity contribution is 7.16. The maximum atomic E-state index is 13.4. The van der Waals surface area contributed by atoms with Crippen molar-refractivity contribution in [3.8, 4) is 0 Å². The number of amides is 1. The molecular weight excluding hydrogens is 420 g/mol. The number of rotatable bonds is 4. The molecule has 1 saturated heterocycles. The summed E-state index contributed by atoms with van der Waals surface area (Å²) in [4.78, 5) is 30.0. The van der Waals surface area contributed by atoms with Crippen molar-refractivity contribution in [2.75, 3.05) is 26.2 Å². The van der Waals surface area contributed by atoms with E-state index in [1.807, 2.05) is 35.2 Å². The number of benzene rings is 2. The first kappa shape index (κ1) is 19.5. The van der Waals surface area contributed by atoms with Crippen LogP contribution in [-0.2, 0) is 7.05 Å². The highest BCUT2D eigenvalue weighted by atomic mass is 32.1. The summed E-state index contributed by atoms with van der Waals surface area (Å²) in [5.74, 6) is -0.296. The Bertz CT molecular complexity index is 1570. The third-order valence-corrected chi connectivity index (χ3v) is 7.56. The summed E-state index contributed by atoms with van der Waals surface area (Å²) in [6, 6.07) is 14.3. The van der Waals surface area contributed by atoms with Gasteiger partial charge in [0.2, 0.25) is 5.43 Å². The molecule has 1 amide bonds. The van der Waals surface area contributed by atoms with Crippen LogP contribution in [0.5, 0.6) is 0 Å². The molecule has 6 nitrogen and oxygen atoms in total. The summed E-state index contributed by atoms with van der Waals surface area (Å²) in [6.45, 7) is 3.53. The number of imidazole rings is 1. The van der Waals surface area contributed by atoms with Crippen LogP contribution in [0.2, 0.25) is 0 Å². The smallest absolute Gasteiger partial charge is 0.259 e. The lowest BCUT2D eigenvalue weighted by Gasteiger charge is -2.15. The van der Waals surface area contributed by atoms with Gasteiger partial charge in [0.1, 0.15) is 16.0 Å². The van der Waals surface area contributed by atoms with E-state index >= 15 is 0 Å². The Labute approximate surface area is 188 Å². The second-order valence-electron chi connectivity index (χ2n) is 8.55. The first-order valence-electron chi connectivity index (χ1n) is 11.1. The second kappa shape index (κ2) is 7.46. The molecule has 1 N–H and O–H groups in total. The minimum absolute atomic E-state index is 0.199. The monoisotopic (exact) mass is 444 g/mol. The number of nitrogens with one attached hydrogen (secondary N) is 1. The molecule has 2 aromatic carbocycles. The Kier molecular flexibility index (Phi) is 4.55. The van der Waals surface area contributed by atoms with Crippen LogP contribution in [0.4, 0.5) is 0 Å². The molecule has 1 fully saturated rings. The van der Waals surface area contributed by atoms with Gasteiger partial charge in [-0.1, -0.05) is 24.3 Å². The highest BCUT2D eigenvalue weighted by Gasteiger charge is 2.24. The third kappa shape index (κ3) is 2.88. The fraction of sp³-hybridized carbons (Fsp3) is 0.280. The summed E-state index contributed by atoms with van der Waals surface area (Å²) < 4.78 is 4.07. The lowest BCUT2D eigenvalue weighted by atomic mass is 10.1. The number of hydrogen-bond acceptors (Lipinski definition) is 4. The van der Waals surface area contributed by atoms with Crippen LogP contribution in [0.15, 0.2) is 52.6 Å². The van der Waals surface area contributed by atoms with E-state index in [0.29, 0.717) is 17.6 Å². The number of likely N-dealkylation sites (tertiary alicyclic amines) is 1. The number of aryl methyl sites for hydroxylation is 1. The molecule has 0 saturated carbocycles. The molecule has 162 valence electrons. The Balaban J connectivity index is 1.56. The molecule has 32 heavy (non-hydrogen) atoms. The molecule has 4 heterocycles. The standard InChI is InChI=1S/C25H24N4O2S/c1-27-19-14-16-6-2-3-7-17(16)15-20(19)29-24(27)21(22(30)18-8-13-32-25(18)29)23(31)26-9-12-28-10-4-5-11-28/h2-3,6-8,13-15H,4-5,9-12H2,1H3,(H,26,31). The van der Waals surface area contributed by atoms with Gasteiger partial charge in [0.05, 0.1) is 16.4 Å². The lowest BCUT2D eigenvalue weighted by Crippen LogP contribution is -2.36. The van der Waals surface area contributed by atoms with Gasteiger partial charge in [-0.3, -0.25) is 14.0 Å². The zero-order valence-corrected chi connectivity index (χ0v) is 18.7. The fourth-order valence-electron chi connectivity index (χ4n) is 5.04. The normalized spacial score (nSPS) is 14.9. The Morgan fingerprint density at radius 3 is 2.53 bits per heavy atom.